The Kier molecular flexibility index (Phi) is 3.11. The van der Waals surface area contributed by atoms with Crippen LogP contribution in [0.2, 0.25) is 0 Å². The summed E-state index contributed by atoms with van der Waals surface area (Å²) in [6, 6.07) is 3.23. The third kappa shape index (κ3) is 2.51. The Hall–Kier alpha value is -1.98. The Morgan fingerprint density at radius 2 is 2.43 bits per heavy atom. The maximum Gasteiger partial charge on any atom is 0.287 e. The average Bonchev–Trinajstić information content (AvgIpc) is 2.60. The fraction of sp³-hybridized carbons (Fsp3) is 0.250. The molecule has 0 spiro atoms. The summed E-state index contributed by atoms with van der Waals surface area (Å²) in [5.41, 5.74) is 5.16. The SMILES string of the molecule is Cc1ccc(C(=O)NC/C(N)=N/O)o1. The molecule has 1 rings (SSSR count). The molecule has 1 aromatic heterocycles. The van der Waals surface area contributed by atoms with Gasteiger partial charge in [0.25, 0.3) is 5.91 Å². The molecule has 0 saturated carbocycles. The van der Waals surface area contributed by atoms with Gasteiger partial charge >= 0.3 is 0 Å². The second-order valence-corrected chi connectivity index (χ2v) is 2.68. The molecule has 0 aromatic carbocycles. The second-order valence-electron chi connectivity index (χ2n) is 2.68. The zero-order valence-corrected chi connectivity index (χ0v) is 7.65. The number of nitrogens with one attached hydrogen (secondary N) is 1. The largest absolute Gasteiger partial charge is 0.456 e. The van der Waals surface area contributed by atoms with Gasteiger partial charge in [0, 0.05) is 0 Å². The molecule has 0 unspecified atom stereocenters. The molecule has 0 fully saturated rings. The number of hydrogen-bond donors (Lipinski definition) is 3. The monoisotopic (exact) mass is 197 g/mol. The van der Waals surface area contributed by atoms with Crippen molar-refractivity contribution in [2.75, 3.05) is 6.54 Å². The Morgan fingerprint density at radius 3 is 2.93 bits per heavy atom. The first-order chi connectivity index (χ1) is 6.63. The topological polar surface area (TPSA) is 101 Å². The van der Waals surface area contributed by atoms with Crippen molar-refractivity contribution in [3.63, 3.8) is 0 Å². The lowest BCUT2D eigenvalue weighted by Gasteiger charge is -2.00. The Bertz CT molecular complexity index is 356. The normalized spacial score (nSPS) is 11.4. The lowest BCUT2D eigenvalue weighted by molar-refractivity contribution is 0.0930. The Labute approximate surface area is 80.4 Å². The number of amidine groups is 1. The summed E-state index contributed by atoms with van der Waals surface area (Å²) in [6.07, 6.45) is 0. The third-order valence-electron chi connectivity index (χ3n) is 1.52. The van der Waals surface area contributed by atoms with E-state index >= 15 is 0 Å². The summed E-state index contributed by atoms with van der Waals surface area (Å²) in [5.74, 6) is 0.388. The van der Waals surface area contributed by atoms with Crippen LogP contribution in [0.4, 0.5) is 0 Å². The number of aryl methyl sites for hydroxylation is 1. The fourth-order valence-electron chi connectivity index (χ4n) is 0.850. The molecule has 0 aliphatic rings. The van der Waals surface area contributed by atoms with E-state index in [1.54, 1.807) is 19.1 Å². The van der Waals surface area contributed by atoms with Gasteiger partial charge in [0.2, 0.25) is 0 Å². The number of oxime groups is 1. The molecule has 6 nitrogen and oxygen atoms in total. The van der Waals surface area contributed by atoms with Gasteiger partial charge < -0.3 is 20.7 Å². The molecule has 0 saturated heterocycles. The van der Waals surface area contributed by atoms with Crippen molar-refractivity contribution in [2.24, 2.45) is 10.9 Å². The third-order valence-corrected chi connectivity index (χ3v) is 1.52. The van der Waals surface area contributed by atoms with E-state index in [1.165, 1.54) is 0 Å². The first-order valence-corrected chi connectivity index (χ1v) is 3.94. The van der Waals surface area contributed by atoms with Crippen LogP contribution in [0, 0.1) is 6.92 Å². The highest BCUT2D eigenvalue weighted by Crippen LogP contribution is 2.05. The predicted molar refractivity (Wildman–Crippen MR) is 49.2 cm³/mol. The fourth-order valence-corrected chi connectivity index (χ4v) is 0.850. The number of carbonyl (C=O) groups is 1. The number of hydrogen-bond acceptors (Lipinski definition) is 4. The van der Waals surface area contributed by atoms with Crippen molar-refractivity contribution in [1.82, 2.24) is 5.32 Å². The van der Waals surface area contributed by atoms with E-state index in [-0.39, 0.29) is 18.1 Å². The summed E-state index contributed by atoms with van der Waals surface area (Å²) in [5, 5.41) is 13.3. The van der Waals surface area contributed by atoms with Gasteiger partial charge in [-0.05, 0) is 19.1 Å². The minimum atomic E-state index is -0.398. The first kappa shape index (κ1) is 10.1. The molecule has 0 atom stereocenters. The van der Waals surface area contributed by atoms with Crippen LogP contribution in [-0.2, 0) is 0 Å². The molecule has 6 heteroatoms. The van der Waals surface area contributed by atoms with Crippen molar-refractivity contribution >= 4 is 11.7 Å². The van der Waals surface area contributed by atoms with Crippen LogP contribution >= 0.6 is 0 Å². The van der Waals surface area contributed by atoms with Crippen LogP contribution in [0.3, 0.4) is 0 Å². The van der Waals surface area contributed by atoms with Crippen molar-refractivity contribution in [2.45, 2.75) is 6.92 Å². The van der Waals surface area contributed by atoms with E-state index < -0.39 is 5.91 Å². The molecule has 0 radical (unpaired) electrons. The summed E-state index contributed by atoms with van der Waals surface area (Å²) in [4.78, 5) is 11.3. The van der Waals surface area contributed by atoms with Gasteiger partial charge in [0.05, 0.1) is 6.54 Å². The number of furan rings is 1. The van der Waals surface area contributed by atoms with Crippen LogP contribution in [0.1, 0.15) is 16.3 Å². The molecule has 4 N–H and O–H groups in total. The molecule has 0 bridgehead atoms. The standard InChI is InChI=1S/C8H11N3O3/c1-5-2-3-6(14-5)8(12)10-4-7(9)11-13/h2-3,13H,4H2,1H3,(H2,9,11)(H,10,12). The molecule has 76 valence electrons. The smallest absolute Gasteiger partial charge is 0.287 e. The van der Waals surface area contributed by atoms with Crippen molar-refractivity contribution in [3.05, 3.63) is 23.7 Å². The summed E-state index contributed by atoms with van der Waals surface area (Å²) in [6.45, 7) is 1.72. The first-order valence-electron chi connectivity index (χ1n) is 3.94. The number of rotatable bonds is 3. The Balaban J connectivity index is 2.51. The molecule has 14 heavy (non-hydrogen) atoms. The minimum Gasteiger partial charge on any atom is -0.456 e. The maximum atomic E-state index is 11.3. The van der Waals surface area contributed by atoms with Crippen molar-refractivity contribution < 1.29 is 14.4 Å². The molecule has 0 aliphatic carbocycles. The van der Waals surface area contributed by atoms with E-state index in [1.807, 2.05) is 0 Å². The highest BCUT2D eigenvalue weighted by atomic mass is 16.4. The molecule has 1 aromatic rings. The highest BCUT2D eigenvalue weighted by molar-refractivity contribution is 5.94. The van der Waals surface area contributed by atoms with Crippen molar-refractivity contribution in [3.8, 4) is 0 Å². The number of nitrogens with two attached hydrogens (primary N) is 1. The van der Waals surface area contributed by atoms with Crippen molar-refractivity contribution in [1.29, 1.82) is 0 Å². The lowest BCUT2D eigenvalue weighted by atomic mass is 10.4. The molecule has 1 amide bonds. The number of nitrogens with zero attached hydrogens (tertiary/aromatic N) is 1. The van der Waals surface area contributed by atoms with Gasteiger partial charge in [-0.15, -0.1) is 0 Å². The molecular formula is C8H11N3O3. The predicted octanol–water partition coefficient (Wildman–Crippen LogP) is 0.0642. The van der Waals surface area contributed by atoms with Crippen LogP contribution in [-0.4, -0.2) is 23.5 Å². The summed E-state index contributed by atoms with van der Waals surface area (Å²) >= 11 is 0. The van der Waals surface area contributed by atoms with Gasteiger partial charge in [-0.3, -0.25) is 4.79 Å². The van der Waals surface area contributed by atoms with Gasteiger partial charge in [0.15, 0.2) is 11.6 Å². The van der Waals surface area contributed by atoms with Gasteiger partial charge in [-0.1, -0.05) is 5.16 Å². The molecule has 1 heterocycles. The summed E-state index contributed by atoms with van der Waals surface area (Å²) in [7, 11) is 0. The van der Waals surface area contributed by atoms with E-state index in [2.05, 4.69) is 10.5 Å². The Morgan fingerprint density at radius 1 is 1.71 bits per heavy atom. The molecular weight excluding hydrogens is 186 g/mol. The summed E-state index contributed by atoms with van der Waals surface area (Å²) < 4.78 is 5.06. The highest BCUT2D eigenvalue weighted by Gasteiger charge is 2.09. The van der Waals surface area contributed by atoms with Gasteiger partial charge in [-0.25, -0.2) is 0 Å². The second kappa shape index (κ2) is 4.31. The van der Waals surface area contributed by atoms with Crippen LogP contribution in [0.25, 0.3) is 0 Å². The van der Waals surface area contributed by atoms with Crippen LogP contribution < -0.4 is 11.1 Å². The van der Waals surface area contributed by atoms with Gasteiger partial charge in [0.1, 0.15) is 5.76 Å². The minimum absolute atomic E-state index is 0.0188. The number of amides is 1. The van der Waals surface area contributed by atoms with Gasteiger partial charge in [-0.2, -0.15) is 0 Å². The lowest BCUT2D eigenvalue weighted by Crippen LogP contribution is -2.33. The van der Waals surface area contributed by atoms with E-state index in [0.717, 1.165) is 0 Å². The zero-order valence-electron chi connectivity index (χ0n) is 7.65. The van der Waals surface area contributed by atoms with E-state index in [4.69, 9.17) is 15.4 Å². The van der Waals surface area contributed by atoms with E-state index in [9.17, 15) is 4.79 Å². The molecule has 0 aliphatic heterocycles. The average molecular weight is 197 g/mol. The zero-order chi connectivity index (χ0) is 10.6. The number of carbonyl (C=O) groups excluding carboxylic acids is 1. The van der Waals surface area contributed by atoms with E-state index in [0.29, 0.717) is 5.76 Å². The maximum absolute atomic E-state index is 11.3. The van der Waals surface area contributed by atoms with Crippen LogP contribution in [0.15, 0.2) is 21.7 Å². The quantitative estimate of drug-likeness (QED) is 0.276. The van der Waals surface area contributed by atoms with Crippen LogP contribution in [0.5, 0.6) is 0 Å².